The predicted molar refractivity (Wildman–Crippen MR) is 109 cm³/mol. The molecule has 1 aromatic heterocycles. The van der Waals surface area contributed by atoms with E-state index in [2.05, 4.69) is 15.6 Å². The SMILES string of the molecule is CC(=O)NC1CCOc2ccc(-c3csc(NC(=O)c4ccccc4)n3)cc21. The second kappa shape index (κ2) is 7.82. The Morgan fingerprint density at radius 3 is 2.79 bits per heavy atom. The summed E-state index contributed by atoms with van der Waals surface area (Å²) in [4.78, 5) is 28.3. The zero-order chi connectivity index (χ0) is 19.5. The molecule has 2 N–H and O–H groups in total. The van der Waals surface area contributed by atoms with Crippen LogP contribution in [0.25, 0.3) is 11.3 Å². The number of carbonyl (C=O) groups excluding carboxylic acids is 2. The van der Waals surface area contributed by atoms with Gasteiger partial charge in [0.1, 0.15) is 5.75 Å². The van der Waals surface area contributed by atoms with E-state index in [1.807, 2.05) is 41.8 Å². The van der Waals surface area contributed by atoms with E-state index in [1.54, 1.807) is 12.1 Å². The number of nitrogens with zero attached hydrogens (tertiary/aromatic N) is 1. The van der Waals surface area contributed by atoms with Crippen LogP contribution >= 0.6 is 11.3 Å². The molecule has 142 valence electrons. The molecule has 1 aliphatic heterocycles. The van der Waals surface area contributed by atoms with Gasteiger partial charge in [-0.25, -0.2) is 4.98 Å². The van der Waals surface area contributed by atoms with Crippen molar-refractivity contribution in [2.24, 2.45) is 0 Å². The Kier molecular flexibility index (Phi) is 5.08. The normalized spacial score (nSPS) is 15.2. The van der Waals surface area contributed by atoms with Crippen molar-refractivity contribution in [2.45, 2.75) is 19.4 Å². The summed E-state index contributed by atoms with van der Waals surface area (Å²) >= 11 is 1.37. The van der Waals surface area contributed by atoms with Gasteiger partial charge < -0.3 is 10.1 Å². The van der Waals surface area contributed by atoms with Crippen LogP contribution in [0.5, 0.6) is 5.75 Å². The minimum absolute atomic E-state index is 0.0668. The molecule has 0 radical (unpaired) electrons. The van der Waals surface area contributed by atoms with Gasteiger partial charge in [0.2, 0.25) is 5.91 Å². The van der Waals surface area contributed by atoms with Crippen LogP contribution in [0.2, 0.25) is 0 Å². The number of amides is 2. The fraction of sp³-hybridized carbons (Fsp3) is 0.190. The molecule has 1 atom stereocenters. The molecule has 1 aliphatic rings. The van der Waals surface area contributed by atoms with Crippen molar-refractivity contribution in [3.05, 3.63) is 65.0 Å². The molecule has 0 saturated heterocycles. The number of thiazole rings is 1. The van der Waals surface area contributed by atoms with Gasteiger partial charge in [-0.05, 0) is 30.3 Å². The lowest BCUT2D eigenvalue weighted by atomic mass is 9.97. The second-order valence-corrected chi connectivity index (χ2v) is 7.36. The standard InChI is InChI=1S/C21H19N3O3S/c1-13(25)22-17-9-10-27-19-8-7-15(11-16(17)19)18-12-28-21(23-18)24-20(26)14-5-3-2-4-6-14/h2-8,11-12,17H,9-10H2,1H3,(H,22,25)(H,23,24,26). The molecule has 0 bridgehead atoms. The monoisotopic (exact) mass is 393 g/mol. The number of carbonyl (C=O) groups is 2. The van der Waals surface area contributed by atoms with Crippen LogP contribution in [0.3, 0.4) is 0 Å². The van der Waals surface area contributed by atoms with Crippen LogP contribution in [0.15, 0.2) is 53.9 Å². The van der Waals surface area contributed by atoms with Crippen molar-refractivity contribution >= 4 is 28.3 Å². The third-order valence-corrected chi connectivity index (χ3v) is 5.24. The molecule has 7 heteroatoms. The Bertz CT molecular complexity index is 1020. The highest BCUT2D eigenvalue weighted by atomic mass is 32.1. The van der Waals surface area contributed by atoms with Crippen molar-refractivity contribution in [3.8, 4) is 17.0 Å². The van der Waals surface area contributed by atoms with E-state index in [1.165, 1.54) is 18.3 Å². The predicted octanol–water partition coefficient (Wildman–Crippen LogP) is 4.02. The lowest BCUT2D eigenvalue weighted by Crippen LogP contribution is -2.30. The number of rotatable bonds is 4. The summed E-state index contributed by atoms with van der Waals surface area (Å²) in [6.07, 6.45) is 0.728. The summed E-state index contributed by atoms with van der Waals surface area (Å²) in [5.41, 5.74) is 3.21. The van der Waals surface area contributed by atoms with E-state index >= 15 is 0 Å². The molecule has 0 aliphatic carbocycles. The smallest absolute Gasteiger partial charge is 0.257 e. The highest BCUT2D eigenvalue weighted by Crippen LogP contribution is 2.36. The van der Waals surface area contributed by atoms with E-state index in [0.29, 0.717) is 17.3 Å². The van der Waals surface area contributed by atoms with Crippen LogP contribution < -0.4 is 15.4 Å². The number of benzene rings is 2. The first kappa shape index (κ1) is 18.2. The zero-order valence-corrected chi connectivity index (χ0v) is 16.1. The van der Waals surface area contributed by atoms with Gasteiger partial charge in [-0.2, -0.15) is 0 Å². The fourth-order valence-electron chi connectivity index (χ4n) is 3.17. The molecule has 2 aromatic carbocycles. The maximum absolute atomic E-state index is 12.3. The van der Waals surface area contributed by atoms with Gasteiger partial charge in [0.15, 0.2) is 5.13 Å². The summed E-state index contributed by atoms with van der Waals surface area (Å²) in [7, 11) is 0. The number of hydrogen-bond donors (Lipinski definition) is 2. The molecule has 2 heterocycles. The molecule has 4 rings (SSSR count). The van der Waals surface area contributed by atoms with E-state index in [-0.39, 0.29) is 17.9 Å². The molecule has 28 heavy (non-hydrogen) atoms. The van der Waals surface area contributed by atoms with Gasteiger partial charge in [-0.1, -0.05) is 18.2 Å². The molecular formula is C21H19N3O3S. The molecule has 3 aromatic rings. The maximum Gasteiger partial charge on any atom is 0.257 e. The number of anilines is 1. The van der Waals surface area contributed by atoms with E-state index < -0.39 is 0 Å². The van der Waals surface area contributed by atoms with Crippen molar-refractivity contribution < 1.29 is 14.3 Å². The quantitative estimate of drug-likeness (QED) is 0.702. The Balaban J connectivity index is 1.55. The van der Waals surface area contributed by atoms with Crippen molar-refractivity contribution in [3.63, 3.8) is 0 Å². The Morgan fingerprint density at radius 2 is 2.00 bits per heavy atom. The van der Waals surface area contributed by atoms with Gasteiger partial charge in [0.05, 0.1) is 18.3 Å². The first-order valence-corrected chi connectivity index (χ1v) is 9.84. The summed E-state index contributed by atoms with van der Waals surface area (Å²) in [5.74, 6) is 0.524. The van der Waals surface area contributed by atoms with Crippen LogP contribution in [0.4, 0.5) is 5.13 Å². The van der Waals surface area contributed by atoms with Crippen LogP contribution in [0, 0.1) is 0 Å². The zero-order valence-electron chi connectivity index (χ0n) is 15.3. The van der Waals surface area contributed by atoms with Gasteiger partial charge in [-0.3, -0.25) is 14.9 Å². The maximum atomic E-state index is 12.3. The number of ether oxygens (including phenoxy) is 1. The molecule has 1 unspecified atom stereocenters. The second-order valence-electron chi connectivity index (χ2n) is 6.50. The van der Waals surface area contributed by atoms with E-state index in [9.17, 15) is 9.59 Å². The lowest BCUT2D eigenvalue weighted by Gasteiger charge is -2.26. The average molecular weight is 393 g/mol. The minimum atomic E-state index is -0.189. The van der Waals surface area contributed by atoms with Gasteiger partial charge in [-0.15, -0.1) is 11.3 Å². The lowest BCUT2D eigenvalue weighted by molar-refractivity contribution is -0.119. The minimum Gasteiger partial charge on any atom is -0.493 e. The molecular weight excluding hydrogens is 374 g/mol. The van der Waals surface area contributed by atoms with Crippen molar-refractivity contribution in [1.29, 1.82) is 0 Å². The van der Waals surface area contributed by atoms with E-state index in [0.717, 1.165) is 29.0 Å². The molecule has 0 fully saturated rings. The summed E-state index contributed by atoms with van der Waals surface area (Å²) < 4.78 is 5.71. The largest absolute Gasteiger partial charge is 0.493 e. The van der Waals surface area contributed by atoms with E-state index in [4.69, 9.17) is 4.74 Å². The molecule has 0 spiro atoms. The molecule has 2 amide bonds. The third-order valence-electron chi connectivity index (χ3n) is 4.48. The van der Waals surface area contributed by atoms with Crippen molar-refractivity contribution in [2.75, 3.05) is 11.9 Å². The number of hydrogen-bond acceptors (Lipinski definition) is 5. The molecule has 0 saturated carbocycles. The van der Waals surface area contributed by atoms with Gasteiger partial charge >= 0.3 is 0 Å². The summed E-state index contributed by atoms with van der Waals surface area (Å²) in [5, 5.41) is 8.25. The summed E-state index contributed by atoms with van der Waals surface area (Å²) in [6, 6.07) is 14.8. The number of fused-ring (bicyclic) bond motifs is 1. The Hall–Kier alpha value is -3.19. The first-order chi connectivity index (χ1) is 13.6. The van der Waals surface area contributed by atoms with Gasteiger partial charge in [0, 0.05) is 35.4 Å². The average Bonchev–Trinajstić information content (AvgIpc) is 3.17. The summed E-state index contributed by atoms with van der Waals surface area (Å²) in [6.45, 7) is 2.09. The Labute approximate surface area is 166 Å². The molecule has 6 nitrogen and oxygen atoms in total. The highest BCUT2D eigenvalue weighted by molar-refractivity contribution is 7.14. The Morgan fingerprint density at radius 1 is 1.18 bits per heavy atom. The van der Waals surface area contributed by atoms with Crippen LogP contribution in [-0.4, -0.2) is 23.4 Å². The van der Waals surface area contributed by atoms with Crippen LogP contribution in [0.1, 0.15) is 35.3 Å². The number of aromatic nitrogens is 1. The topological polar surface area (TPSA) is 80.3 Å². The highest BCUT2D eigenvalue weighted by Gasteiger charge is 2.23. The number of nitrogens with one attached hydrogen (secondary N) is 2. The van der Waals surface area contributed by atoms with Crippen molar-refractivity contribution in [1.82, 2.24) is 10.3 Å². The fourth-order valence-corrected chi connectivity index (χ4v) is 3.89. The van der Waals surface area contributed by atoms with Gasteiger partial charge in [0.25, 0.3) is 5.91 Å². The first-order valence-electron chi connectivity index (χ1n) is 8.96. The van der Waals surface area contributed by atoms with Crippen LogP contribution in [-0.2, 0) is 4.79 Å². The third kappa shape index (κ3) is 3.89.